The third kappa shape index (κ3) is 3.42. The number of thiocarbonyl (C=S) groups is 1. The van der Waals surface area contributed by atoms with Crippen LogP contribution in [0.5, 0.6) is 0 Å². The monoisotopic (exact) mass is 314 g/mol. The zero-order valence-electron chi connectivity index (χ0n) is 10.7. The number of halogens is 1. The summed E-state index contributed by atoms with van der Waals surface area (Å²) in [6.45, 7) is 6.62. The van der Waals surface area contributed by atoms with Gasteiger partial charge in [0.2, 0.25) is 0 Å². The fourth-order valence-corrected chi connectivity index (χ4v) is 2.20. The van der Waals surface area contributed by atoms with Gasteiger partial charge in [0.25, 0.3) is 0 Å². The highest BCUT2D eigenvalue weighted by atomic mass is 79.9. The van der Waals surface area contributed by atoms with Crippen LogP contribution in [-0.2, 0) is 0 Å². The predicted octanol–water partition coefficient (Wildman–Crippen LogP) is 3.56. The lowest BCUT2D eigenvalue weighted by Gasteiger charge is -2.31. The molecule has 0 radical (unpaired) electrons. The lowest BCUT2D eigenvalue weighted by Crippen LogP contribution is -2.34. The van der Waals surface area contributed by atoms with E-state index in [1.54, 1.807) is 0 Å². The van der Waals surface area contributed by atoms with Crippen LogP contribution in [0.4, 0.5) is 5.69 Å². The van der Waals surface area contributed by atoms with Gasteiger partial charge in [0.05, 0.1) is 0 Å². The predicted molar refractivity (Wildman–Crippen MR) is 82.7 cm³/mol. The first-order valence-electron chi connectivity index (χ1n) is 5.66. The molecule has 1 unspecified atom stereocenters. The van der Waals surface area contributed by atoms with Crippen molar-refractivity contribution in [2.45, 2.75) is 26.8 Å². The van der Waals surface area contributed by atoms with Crippen LogP contribution in [0.2, 0.25) is 0 Å². The summed E-state index contributed by atoms with van der Waals surface area (Å²) in [6, 6.07) is 6.48. The Morgan fingerprint density at radius 1 is 1.35 bits per heavy atom. The van der Waals surface area contributed by atoms with E-state index in [0.29, 0.717) is 16.9 Å². The van der Waals surface area contributed by atoms with Gasteiger partial charge in [-0.3, -0.25) is 0 Å². The third-order valence-electron chi connectivity index (χ3n) is 3.18. The Bertz CT molecular complexity index is 418. The summed E-state index contributed by atoms with van der Waals surface area (Å²) in [7, 11) is 2.08. The van der Waals surface area contributed by atoms with Crippen molar-refractivity contribution in [3.63, 3.8) is 0 Å². The first-order valence-corrected chi connectivity index (χ1v) is 6.87. The maximum atomic E-state index is 5.78. The summed E-state index contributed by atoms with van der Waals surface area (Å²) < 4.78 is 0.995. The number of nitrogens with zero attached hydrogens (tertiary/aromatic N) is 1. The molecule has 4 heteroatoms. The fraction of sp³-hybridized carbons (Fsp3) is 0.462. The molecule has 0 amide bonds. The van der Waals surface area contributed by atoms with Gasteiger partial charge in [-0.2, -0.15) is 0 Å². The first kappa shape index (κ1) is 14.5. The number of anilines is 1. The number of hydrogen-bond donors (Lipinski definition) is 1. The summed E-state index contributed by atoms with van der Waals surface area (Å²) in [5.41, 5.74) is 7.79. The molecular weight excluding hydrogens is 296 g/mol. The van der Waals surface area contributed by atoms with Gasteiger partial charge in [-0.1, -0.05) is 42.0 Å². The van der Waals surface area contributed by atoms with E-state index >= 15 is 0 Å². The van der Waals surface area contributed by atoms with Crippen molar-refractivity contribution in [3.05, 3.63) is 28.2 Å². The summed E-state index contributed by atoms with van der Waals surface area (Å²) in [6.07, 6.45) is 0. The molecule has 0 bridgehead atoms. The molecule has 0 aliphatic heterocycles. The van der Waals surface area contributed by atoms with Crippen LogP contribution in [0, 0.1) is 5.92 Å². The van der Waals surface area contributed by atoms with Crippen LogP contribution >= 0.6 is 28.1 Å². The lowest BCUT2D eigenvalue weighted by atomic mass is 10.0. The molecule has 2 nitrogen and oxygen atoms in total. The van der Waals surface area contributed by atoms with E-state index in [1.165, 1.54) is 0 Å². The number of nitrogens with two attached hydrogens (primary N) is 1. The SMILES string of the molecule is CC(C)C(C)N(C)c1ccc(Br)cc1C(N)=S. The van der Waals surface area contributed by atoms with Crippen LogP contribution in [0.3, 0.4) is 0 Å². The zero-order chi connectivity index (χ0) is 13.2. The van der Waals surface area contributed by atoms with Gasteiger partial charge in [-0.25, -0.2) is 0 Å². The molecule has 0 aliphatic carbocycles. The Balaban J connectivity index is 3.17. The largest absolute Gasteiger partial charge is 0.389 e. The van der Waals surface area contributed by atoms with Gasteiger partial charge in [-0.05, 0) is 31.0 Å². The van der Waals surface area contributed by atoms with Gasteiger partial charge in [0.15, 0.2) is 0 Å². The van der Waals surface area contributed by atoms with Crippen molar-refractivity contribution >= 4 is 38.8 Å². The highest BCUT2D eigenvalue weighted by molar-refractivity contribution is 9.10. The average Bonchev–Trinajstić information content (AvgIpc) is 2.26. The molecule has 17 heavy (non-hydrogen) atoms. The maximum absolute atomic E-state index is 5.78. The Hall–Kier alpha value is -0.610. The average molecular weight is 315 g/mol. The molecule has 94 valence electrons. The minimum Gasteiger partial charge on any atom is -0.389 e. The fourth-order valence-electron chi connectivity index (χ4n) is 1.68. The van der Waals surface area contributed by atoms with E-state index in [9.17, 15) is 0 Å². The normalized spacial score (nSPS) is 12.6. The van der Waals surface area contributed by atoms with Crippen LogP contribution in [0.15, 0.2) is 22.7 Å². The number of rotatable bonds is 4. The van der Waals surface area contributed by atoms with Crippen LogP contribution in [-0.4, -0.2) is 18.1 Å². The second-order valence-electron chi connectivity index (χ2n) is 4.62. The minimum absolute atomic E-state index is 0.434. The molecule has 1 rings (SSSR count). The Morgan fingerprint density at radius 3 is 2.41 bits per heavy atom. The Labute approximate surface area is 117 Å². The van der Waals surface area contributed by atoms with Crippen LogP contribution in [0.1, 0.15) is 26.3 Å². The smallest absolute Gasteiger partial charge is 0.106 e. The van der Waals surface area contributed by atoms with Crippen molar-refractivity contribution in [1.82, 2.24) is 0 Å². The molecule has 0 fully saturated rings. The second-order valence-corrected chi connectivity index (χ2v) is 5.98. The minimum atomic E-state index is 0.434. The van der Waals surface area contributed by atoms with Crippen LogP contribution in [0.25, 0.3) is 0 Å². The number of benzene rings is 1. The maximum Gasteiger partial charge on any atom is 0.106 e. The second kappa shape index (κ2) is 5.83. The van der Waals surface area contributed by atoms with Gasteiger partial charge in [0.1, 0.15) is 4.99 Å². The van der Waals surface area contributed by atoms with Crippen molar-refractivity contribution in [1.29, 1.82) is 0 Å². The summed E-state index contributed by atoms with van der Waals surface area (Å²) in [5, 5.41) is 0. The zero-order valence-corrected chi connectivity index (χ0v) is 13.1. The van der Waals surface area contributed by atoms with Gasteiger partial charge < -0.3 is 10.6 Å². The molecule has 1 aromatic carbocycles. The third-order valence-corrected chi connectivity index (χ3v) is 3.89. The van der Waals surface area contributed by atoms with Crippen molar-refractivity contribution in [3.8, 4) is 0 Å². The number of hydrogen-bond acceptors (Lipinski definition) is 2. The van der Waals surface area contributed by atoms with Crippen molar-refractivity contribution < 1.29 is 0 Å². The van der Waals surface area contributed by atoms with Gasteiger partial charge >= 0.3 is 0 Å². The van der Waals surface area contributed by atoms with Gasteiger partial charge in [0, 0.05) is 28.8 Å². The van der Waals surface area contributed by atoms with E-state index in [2.05, 4.69) is 54.7 Å². The molecule has 0 saturated carbocycles. The van der Waals surface area contributed by atoms with E-state index in [1.807, 2.05) is 12.1 Å². The molecule has 2 N–H and O–H groups in total. The molecular formula is C13H19BrN2S. The highest BCUT2D eigenvalue weighted by Crippen LogP contribution is 2.26. The lowest BCUT2D eigenvalue weighted by molar-refractivity contribution is 0.505. The molecule has 0 heterocycles. The van der Waals surface area contributed by atoms with Crippen molar-refractivity contribution in [2.24, 2.45) is 11.7 Å². The van der Waals surface area contributed by atoms with Crippen molar-refractivity contribution in [2.75, 3.05) is 11.9 Å². The van der Waals surface area contributed by atoms with Gasteiger partial charge in [-0.15, -0.1) is 0 Å². The van der Waals surface area contributed by atoms with E-state index in [-0.39, 0.29) is 0 Å². The molecule has 0 aromatic heterocycles. The molecule has 0 aliphatic rings. The van der Waals surface area contributed by atoms with E-state index in [0.717, 1.165) is 15.7 Å². The summed E-state index contributed by atoms with van der Waals surface area (Å²) in [5.74, 6) is 0.572. The standard InChI is InChI=1S/C13H19BrN2S/c1-8(2)9(3)16(4)12-6-5-10(14)7-11(12)13(15)17/h5-9H,1-4H3,(H2,15,17). The molecule has 1 aromatic rings. The molecule has 0 spiro atoms. The first-order chi connectivity index (χ1) is 7.84. The molecule has 0 saturated heterocycles. The van der Waals surface area contributed by atoms with Crippen LogP contribution < -0.4 is 10.6 Å². The summed E-state index contributed by atoms with van der Waals surface area (Å²) >= 11 is 8.56. The highest BCUT2D eigenvalue weighted by Gasteiger charge is 2.17. The Kier molecular flexibility index (Phi) is 4.95. The van der Waals surface area contributed by atoms with E-state index in [4.69, 9.17) is 18.0 Å². The Morgan fingerprint density at radius 2 is 1.94 bits per heavy atom. The topological polar surface area (TPSA) is 29.3 Å². The van der Waals surface area contributed by atoms with E-state index < -0.39 is 0 Å². The summed E-state index contributed by atoms with van der Waals surface area (Å²) in [4.78, 5) is 2.66. The quantitative estimate of drug-likeness (QED) is 0.862. The molecule has 1 atom stereocenters.